The maximum absolute atomic E-state index is 11.0. The van der Waals surface area contributed by atoms with Crippen molar-refractivity contribution < 1.29 is 18.9 Å². The fourth-order valence-electron chi connectivity index (χ4n) is 2.03. The molecule has 0 amide bonds. The Labute approximate surface area is 141 Å². The van der Waals surface area contributed by atoms with Crippen LogP contribution >= 0.6 is 15.9 Å². The van der Waals surface area contributed by atoms with Gasteiger partial charge in [0.15, 0.2) is 17.2 Å². The molecule has 0 N–H and O–H groups in total. The van der Waals surface area contributed by atoms with E-state index in [1.165, 1.54) is 13.0 Å². The minimum absolute atomic E-state index is 0.0948. The third-order valence-corrected chi connectivity index (χ3v) is 3.59. The molecule has 0 spiro atoms. The highest BCUT2D eigenvalue weighted by atomic mass is 79.9. The predicted octanol–water partition coefficient (Wildman–Crippen LogP) is 4.23. The largest absolute Gasteiger partial charge is 0.492 e. The van der Waals surface area contributed by atoms with E-state index in [2.05, 4.69) is 21.1 Å². The quantitative estimate of drug-likeness (QED) is 0.548. The van der Waals surface area contributed by atoms with E-state index in [0.29, 0.717) is 22.6 Å². The van der Waals surface area contributed by atoms with E-state index in [-0.39, 0.29) is 17.1 Å². The van der Waals surface area contributed by atoms with Crippen LogP contribution in [0.5, 0.6) is 11.5 Å². The minimum Gasteiger partial charge on any atom is -0.492 e. The standard InChI is InChI=1S/C15H15BrN2O5/c1-4-22-13-8-10(7-11(16)15(13)21-3)5-6-12-14(18(19)20)9(2)17-23-12/h5-8H,4H2,1-3H3/b6-5-. The van der Waals surface area contributed by atoms with Crippen molar-refractivity contribution in [2.45, 2.75) is 13.8 Å². The molecule has 1 aromatic heterocycles. The molecule has 0 fully saturated rings. The second-order valence-electron chi connectivity index (χ2n) is 4.54. The lowest BCUT2D eigenvalue weighted by molar-refractivity contribution is -0.386. The number of aromatic nitrogens is 1. The summed E-state index contributed by atoms with van der Waals surface area (Å²) in [6.07, 6.45) is 3.18. The van der Waals surface area contributed by atoms with Crippen molar-refractivity contribution in [2.75, 3.05) is 13.7 Å². The van der Waals surface area contributed by atoms with Gasteiger partial charge < -0.3 is 14.0 Å². The number of halogens is 1. The topological polar surface area (TPSA) is 87.6 Å². The van der Waals surface area contributed by atoms with Crippen molar-refractivity contribution in [3.63, 3.8) is 0 Å². The van der Waals surface area contributed by atoms with E-state index < -0.39 is 4.92 Å². The van der Waals surface area contributed by atoms with Crippen LogP contribution in [0.4, 0.5) is 5.69 Å². The Morgan fingerprint density at radius 3 is 2.78 bits per heavy atom. The number of ether oxygens (including phenoxy) is 2. The van der Waals surface area contributed by atoms with E-state index in [4.69, 9.17) is 14.0 Å². The first-order valence-electron chi connectivity index (χ1n) is 6.77. The molecule has 7 nitrogen and oxygen atoms in total. The molecule has 122 valence electrons. The van der Waals surface area contributed by atoms with Gasteiger partial charge in [-0.3, -0.25) is 10.1 Å². The number of rotatable bonds is 6. The van der Waals surface area contributed by atoms with E-state index in [9.17, 15) is 10.1 Å². The lowest BCUT2D eigenvalue weighted by Crippen LogP contribution is -1.96. The Balaban J connectivity index is 2.38. The molecule has 2 rings (SSSR count). The molecule has 8 heteroatoms. The van der Waals surface area contributed by atoms with Gasteiger partial charge in [0.2, 0.25) is 5.76 Å². The molecule has 0 saturated carbocycles. The summed E-state index contributed by atoms with van der Waals surface area (Å²) in [7, 11) is 1.55. The van der Waals surface area contributed by atoms with Crippen molar-refractivity contribution in [3.05, 3.63) is 43.7 Å². The predicted molar refractivity (Wildman–Crippen MR) is 88.7 cm³/mol. The van der Waals surface area contributed by atoms with E-state index in [1.54, 1.807) is 19.3 Å². The van der Waals surface area contributed by atoms with Crippen LogP contribution in [0.15, 0.2) is 21.1 Å². The van der Waals surface area contributed by atoms with Crippen molar-refractivity contribution in [1.29, 1.82) is 0 Å². The van der Waals surface area contributed by atoms with Crippen LogP contribution in [0.2, 0.25) is 0 Å². The van der Waals surface area contributed by atoms with Crippen LogP contribution in [0.1, 0.15) is 23.9 Å². The molecule has 0 radical (unpaired) electrons. The lowest BCUT2D eigenvalue weighted by Gasteiger charge is -2.11. The third-order valence-electron chi connectivity index (χ3n) is 3.00. The molecule has 1 heterocycles. The SMILES string of the molecule is CCOc1cc(/C=C\c2onc(C)c2[N+](=O)[O-])cc(Br)c1OC. The van der Waals surface area contributed by atoms with Gasteiger partial charge in [0.05, 0.1) is 23.1 Å². The first-order chi connectivity index (χ1) is 11.0. The van der Waals surface area contributed by atoms with E-state index in [1.807, 2.05) is 13.0 Å². The molecule has 1 aromatic carbocycles. The number of aryl methyl sites for hydroxylation is 1. The molecule has 0 unspecified atom stereocenters. The lowest BCUT2D eigenvalue weighted by atomic mass is 10.1. The van der Waals surface area contributed by atoms with Crippen molar-refractivity contribution in [2.24, 2.45) is 0 Å². The smallest absolute Gasteiger partial charge is 0.338 e. The van der Waals surface area contributed by atoms with Gasteiger partial charge in [-0.15, -0.1) is 0 Å². The Kier molecular flexibility index (Phi) is 5.38. The van der Waals surface area contributed by atoms with Crippen LogP contribution in [0, 0.1) is 17.0 Å². The van der Waals surface area contributed by atoms with Gasteiger partial charge in [-0.25, -0.2) is 0 Å². The molecule has 0 saturated heterocycles. The molecule has 0 atom stereocenters. The van der Waals surface area contributed by atoms with Crippen LogP contribution in [-0.4, -0.2) is 23.8 Å². The molecule has 0 aliphatic rings. The van der Waals surface area contributed by atoms with Gasteiger partial charge in [0.1, 0.15) is 0 Å². The average Bonchev–Trinajstić information content (AvgIpc) is 2.86. The maximum atomic E-state index is 11.0. The normalized spacial score (nSPS) is 11.0. The summed E-state index contributed by atoms with van der Waals surface area (Å²) < 4.78 is 16.5. The zero-order valence-electron chi connectivity index (χ0n) is 12.8. The van der Waals surface area contributed by atoms with Crippen LogP contribution in [0.25, 0.3) is 12.2 Å². The Morgan fingerprint density at radius 2 is 2.17 bits per heavy atom. The minimum atomic E-state index is -0.513. The molecular formula is C15H15BrN2O5. The number of benzene rings is 1. The highest BCUT2D eigenvalue weighted by molar-refractivity contribution is 9.10. The van der Waals surface area contributed by atoms with Crippen molar-refractivity contribution >= 4 is 33.8 Å². The molecule has 23 heavy (non-hydrogen) atoms. The van der Waals surface area contributed by atoms with Gasteiger partial charge in [-0.1, -0.05) is 11.2 Å². The summed E-state index contributed by atoms with van der Waals surface area (Å²) in [5.41, 5.74) is 0.865. The third kappa shape index (κ3) is 3.70. The second kappa shape index (κ2) is 7.28. The number of nitro groups is 1. The number of hydrogen-bond acceptors (Lipinski definition) is 6. The number of hydrogen-bond donors (Lipinski definition) is 0. The zero-order valence-corrected chi connectivity index (χ0v) is 14.4. The molecule has 0 aliphatic carbocycles. The Morgan fingerprint density at radius 1 is 1.43 bits per heavy atom. The number of nitrogens with zero attached hydrogens (tertiary/aromatic N) is 2. The van der Waals surface area contributed by atoms with Gasteiger partial charge in [0, 0.05) is 0 Å². The van der Waals surface area contributed by atoms with Crippen molar-refractivity contribution in [1.82, 2.24) is 5.16 Å². The van der Waals surface area contributed by atoms with Crippen molar-refractivity contribution in [3.8, 4) is 11.5 Å². The van der Waals surface area contributed by atoms with Crippen LogP contribution < -0.4 is 9.47 Å². The van der Waals surface area contributed by atoms with Gasteiger partial charge in [-0.05, 0) is 53.5 Å². The van der Waals surface area contributed by atoms with E-state index >= 15 is 0 Å². The number of methoxy groups -OCH3 is 1. The van der Waals surface area contributed by atoms with E-state index in [0.717, 1.165) is 5.56 Å². The summed E-state index contributed by atoms with van der Waals surface area (Å²) in [5, 5.41) is 14.6. The first kappa shape index (κ1) is 17.0. The molecular weight excluding hydrogens is 368 g/mol. The Bertz CT molecular complexity index is 755. The fourth-order valence-corrected chi connectivity index (χ4v) is 2.65. The zero-order chi connectivity index (χ0) is 17.0. The second-order valence-corrected chi connectivity index (χ2v) is 5.39. The summed E-state index contributed by atoms with van der Waals surface area (Å²) in [4.78, 5) is 10.5. The monoisotopic (exact) mass is 382 g/mol. The fraction of sp³-hybridized carbons (Fsp3) is 0.267. The maximum Gasteiger partial charge on any atom is 0.338 e. The van der Waals surface area contributed by atoms with Gasteiger partial charge in [-0.2, -0.15) is 0 Å². The van der Waals surface area contributed by atoms with Crippen LogP contribution in [0.3, 0.4) is 0 Å². The summed E-state index contributed by atoms with van der Waals surface area (Å²) in [6, 6.07) is 3.59. The Hall–Kier alpha value is -2.35. The summed E-state index contributed by atoms with van der Waals surface area (Å²) >= 11 is 3.41. The highest BCUT2D eigenvalue weighted by Crippen LogP contribution is 2.37. The highest BCUT2D eigenvalue weighted by Gasteiger charge is 2.22. The average molecular weight is 383 g/mol. The summed E-state index contributed by atoms with van der Waals surface area (Å²) in [6.45, 7) is 3.88. The van der Waals surface area contributed by atoms with Gasteiger partial charge in [0.25, 0.3) is 0 Å². The summed E-state index contributed by atoms with van der Waals surface area (Å²) in [5.74, 6) is 1.26. The van der Waals surface area contributed by atoms with Gasteiger partial charge >= 0.3 is 5.69 Å². The molecule has 2 aromatic rings. The van der Waals surface area contributed by atoms with Crippen LogP contribution in [-0.2, 0) is 0 Å². The first-order valence-corrected chi connectivity index (χ1v) is 7.56. The molecule has 0 aliphatic heterocycles. The molecule has 0 bridgehead atoms.